The first kappa shape index (κ1) is 15.4. The van der Waals surface area contributed by atoms with Gasteiger partial charge in [-0.2, -0.15) is 0 Å². The molecule has 0 aliphatic carbocycles. The molecule has 0 atom stereocenters. The predicted molar refractivity (Wildman–Crippen MR) is 97.0 cm³/mol. The van der Waals surface area contributed by atoms with Gasteiger partial charge in [0.05, 0.1) is 0 Å². The molecule has 0 bridgehead atoms. The van der Waals surface area contributed by atoms with Crippen LogP contribution in [0.1, 0.15) is 0 Å². The third-order valence-electron chi connectivity index (χ3n) is 3.33. The molecule has 0 saturated heterocycles. The van der Waals surface area contributed by atoms with Gasteiger partial charge in [-0.25, -0.2) is 0 Å². The Morgan fingerprint density at radius 2 is 1.83 bits per heavy atom. The number of benzene rings is 2. The number of hydrogen-bond donors (Lipinski definition) is 0. The van der Waals surface area contributed by atoms with Gasteiger partial charge in [0, 0.05) is 0 Å². The van der Waals surface area contributed by atoms with Gasteiger partial charge in [-0.15, -0.1) is 0 Å². The van der Waals surface area contributed by atoms with Gasteiger partial charge in [0.2, 0.25) is 0 Å². The van der Waals surface area contributed by atoms with Crippen molar-refractivity contribution in [2.24, 2.45) is 0 Å². The van der Waals surface area contributed by atoms with Crippen LogP contribution >= 0.6 is 31.9 Å². The Morgan fingerprint density at radius 3 is 2.61 bits per heavy atom. The summed E-state index contributed by atoms with van der Waals surface area (Å²) in [6.07, 6.45) is 1.83. The van der Waals surface area contributed by atoms with Crippen LogP contribution in [0.5, 0.6) is 0 Å². The minimum absolute atomic E-state index is 0.510. The second-order valence-corrected chi connectivity index (χ2v) is 9.77. The summed E-state index contributed by atoms with van der Waals surface area (Å²) in [5.41, 5.74) is 1.92. The van der Waals surface area contributed by atoms with Crippen LogP contribution in [0.15, 0.2) is 63.7 Å². The number of fused-ring (bicyclic) bond motifs is 3. The van der Waals surface area contributed by atoms with E-state index in [1.54, 1.807) is 0 Å². The summed E-state index contributed by atoms with van der Waals surface area (Å²) in [6.45, 7) is 0. The van der Waals surface area contributed by atoms with E-state index < -0.39 is 17.7 Å². The Kier molecular flexibility index (Phi) is 4.29. The Balaban J connectivity index is 1.91. The van der Waals surface area contributed by atoms with Gasteiger partial charge in [-0.3, -0.25) is 0 Å². The molecule has 114 valence electrons. The van der Waals surface area contributed by atoms with Crippen molar-refractivity contribution in [3.05, 3.63) is 69.7 Å². The van der Waals surface area contributed by atoms with Crippen molar-refractivity contribution >= 4 is 62.0 Å². The molecule has 0 aliphatic heterocycles. The molecule has 0 aliphatic rings. The summed E-state index contributed by atoms with van der Waals surface area (Å²) in [5, 5.41) is 2.20. The topological polar surface area (TPSA) is 25.8 Å². The van der Waals surface area contributed by atoms with Crippen molar-refractivity contribution in [2.45, 2.75) is 0 Å². The molecule has 23 heavy (non-hydrogen) atoms. The first-order chi connectivity index (χ1) is 11.2. The van der Waals surface area contributed by atoms with Crippen LogP contribution < -0.4 is 8.29 Å². The SMILES string of the molecule is Brc1cnc2c(ccc3cc(Br)[c]([Ir][c]4c[c]ccc4)nc32)c1. The van der Waals surface area contributed by atoms with Crippen molar-refractivity contribution in [1.29, 1.82) is 0 Å². The van der Waals surface area contributed by atoms with Crippen LogP contribution in [0.3, 0.4) is 0 Å². The molecule has 1 radical (unpaired) electrons. The molecule has 2 aromatic carbocycles. The van der Waals surface area contributed by atoms with Gasteiger partial charge in [0.25, 0.3) is 0 Å². The van der Waals surface area contributed by atoms with E-state index in [0.717, 1.165) is 35.0 Å². The molecule has 2 heterocycles. The molecule has 2 aromatic heterocycles. The van der Waals surface area contributed by atoms with Crippen molar-refractivity contribution in [2.75, 3.05) is 0 Å². The molecule has 0 amide bonds. The van der Waals surface area contributed by atoms with Crippen molar-refractivity contribution in [3.8, 4) is 0 Å². The van der Waals surface area contributed by atoms with Gasteiger partial charge in [0.1, 0.15) is 0 Å². The van der Waals surface area contributed by atoms with Crippen LogP contribution in [0, 0.1) is 6.07 Å². The Bertz CT molecular complexity index is 1020. The van der Waals surface area contributed by atoms with Gasteiger partial charge in [-0.1, -0.05) is 0 Å². The minimum atomic E-state index is -0.510. The fourth-order valence-corrected chi connectivity index (χ4v) is 5.86. The van der Waals surface area contributed by atoms with Crippen LogP contribution in [0.2, 0.25) is 0 Å². The quantitative estimate of drug-likeness (QED) is 0.322. The molecule has 4 aromatic rings. The maximum atomic E-state index is 4.94. The standard InChI is InChI=1S/C12H5Br2N2.C6H4.Ir/c13-9-3-7-1-2-8-4-10(14)6-16-12(8)11(7)15-5-9;1-2-4-6-5-3-1;/h1-5H;1-3,6H;. The number of nitrogens with zero attached hydrogens (tertiary/aromatic N) is 2. The van der Waals surface area contributed by atoms with Crippen LogP contribution in [-0.4, -0.2) is 9.97 Å². The summed E-state index contributed by atoms with van der Waals surface area (Å²) >= 11 is 6.65. The van der Waals surface area contributed by atoms with Crippen molar-refractivity contribution in [3.63, 3.8) is 0 Å². The Morgan fingerprint density at radius 1 is 1.00 bits per heavy atom. The third-order valence-corrected chi connectivity index (χ3v) is 8.09. The fraction of sp³-hybridized carbons (Fsp3) is 0. The van der Waals surface area contributed by atoms with Crippen LogP contribution in [0.25, 0.3) is 21.8 Å². The van der Waals surface area contributed by atoms with E-state index in [1.807, 2.05) is 18.3 Å². The summed E-state index contributed by atoms with van der Waals surface area (Å²) < 4.78 is 4.51. The maximum absolute atomic E-state index is 4.94. The first-order valence-corrected chi connectivity index (χ1v) is 10.8. The van der Waals surface area contributed by atoms with E-state index in [9.17, 15) is 0 Å². The zero-order valence-corrected chi connectivity index (χ0v) is 17.2. The average Bonchev–Trinajstić information content (AvgIpc) is 2.56. The third kappa shape index (κ3) is 3.11. The van der Waals surface area contributed by atoms with Crippen LogP contribution in [-0.2, 0) is 17.7 Å². The fourth-order valence-electron chi connectivity index (χ4n) is 2.31. The van der Waals surface area contributed by atoms with Gasteiger partial charge < -0.3 is 0 Å². The molecule has 0 unspecified atom stereocenters. The number of halogens is 2. The van der Waals surface area contributed by atoms with E-state index in [4.69, 9.17) is 4.98 Å². The average molecular weight is 605 g/mol. The molecule has 0 fully saturated rings. The summed E-state index contributed by atoms with van der Waals surface area (Å²) in [7, 11) is 0. The molecular formula is C18H9Br2IrN2. The second-order valence-electron chi connectivity index (χ2n) is 4.88. The number of pyridine rings is 2. The molecule has 5 heteroatoms. The Hall–Kier alpha value is -1.13. The van der Waals surface area contributed by atoms with Crippen molar-refractivity contribution in [1.82, 2.24) is 9.97 Å². The molecule has 0 saturated carbocycles. The predicted octanol–water partition coefficient (Wildman–Crippen LogP) is 4.14. The van der Waals surface area contributed by atoms with E-state index in [0.29, 0.717) is 0 Å². The molecular weight excluding hydrogens is 596 g/mol. The summed E-state index contributed by atoms with van der Waals surface area (Å²) in [6, 6.07) is 19.7. The number of rotatable bonds is 2. The normalized spacial score (nSPS) is 11.4. The number of aromatic nitrogens is 2. The van der Waals surface area contributed by atoms with E-state index in [-0.39, 0.29) is 0 Å². The zero-order chi connectivity index (χ0) is 15.8. The number of hydrogen-bond acceptors (Lipinski definition) is 2. The summed E-state index contributed by atoms with van der Waals surface area (Å²) in [4.78, 5) is 9.51. The van der Waals surface area contributed by atoms with Gasteiger partial charge >= 0.3 is 159 Å². The van der Waals surface area contributed by atoms with E-state index >= 15 is 0 Å². The molecule has 4 rings (SSSR count). The molecule has 0 spiro atoms. The zero-order valence-electron chi connectivity index (χ0n) is 11.7. The van der Waals surface area contributed by atoms with Crippen molar-refractivity contribution < 1.29 is 17.7 Å². The van der Waals surface area contributed by atoms with Gasteiger partial charge in [0.15, 0.2) is 0 Å². The van der Waals surface area contributed by atoms with Crippen LogP contribution in [0.4, 0.5) is 0 Å². The molecule has 0 N–H and O–H groups in total. The summed E-state index contributed by atoms with van der Waals surface area (Å²) in [5.74, 6) is 0. The Labute approximate surface area is 158 Å². The second kappa shape index (κ2) is 6.40. The van der Waals surface area contributed by atoms with Gasteiger partial charge in [-0.05, 0) is 0 Å². The monoisotopic (exact) mass is 604 g/mol. The molecule has 2 nitrogen and oxygen atoms in total. The van der Waals surface area contributed by atoms with E-state index in [2.05, 4.69) is 79.3 Å². The first-order valence-electron chi connectivity index (χ1n) is 6.82. The van der Waals surface area contributed by atoms with E-state index in [1.165, 1.54) is 4.08 Å².